The van der Waals surface area contributed by atoms with E-state index in [-0.39, 0.29) is 16.2 Å². The van der Waals surface area contributed by atoms with Gasteiger partial charge in [-0.1, -0.05) is 29.5 Å². The number of carbonyl (C=O) groups is 1. The van der Waals surface area contributed by atoms with Gasteiger partial charge >= 0.3 is 0 Å². The van der Waals surface area contributed by atoms with Gasteiger partial charge in [-0.25, -0.2) is 8.42 Å². The van der Waals surface area contributed by atoms with Crippen molar-refractivity contribution in [1.82, 2.24) is 14.8 Å². The van der Waals surface area contributed by atoms with E-state index in [0.29, 0.717) is 0 Å². The van der Waals surface area contributed by atoms with Crippen LogP contribution in [-0.2, 0) is 14.8 Å². The molecule has 3 aromatic rings. The largest absolute Gasteiger partial charge is 0.318 e. The molecule has 2 heterocycles. The molecule has 0 bridgehead atoms. The summed E-state index contributed by atoms with van der Waals surface area (Å²) in [6, 6.07) is 12.0. The van der Waals surface area contributed by atoms with Gasteiger partial charge in [0.25, 0.3) is 0 Å². The predicted octanol–water partition coefficient (Wildman–Crippen LogP) is 2.97. The van der Waals surface area contributed by atoms with Crippen molar-refractivity contribution in [3.63, 3.8) is 0 Å². The molecule has 0 radical (unpaired) electrons. The summed E-state index contributed by atoms with van der Waals surface area (Å²) in [5.74, 6) is -0.383. The van der Waals surface area contributed by atoms with Crippen LogP contribution in [0.25, 0.3) is 11.8 Å². The highest BCUT2D eigenvalue weighted by molar-refractivity contribution is 7.92. The third-order valence-electron chi connectivity index (χ3n) is 3.83. The molecule has 2 aromatic heterocycles. The average molecular weight is 418 g/mol. The molecule has 8 nitrogen and oxygen atoms in total. The number of amides is 1. The van der Waals surface area contributed by atoms with Crippen molar-refractivity contribution >= 4 is 43.6 Å². The zero-order valence-corrected chi connectivity index (χ0v) is 17.1. The van der Waals surface area contributed by atoms with Gasteiger partial charge in [0.05, 0.1) is 6.26 Å². The van der Waals surface area contributed by atoms with E-state index in [1.165, 1.54) is 6.08 Å². The van der Waals surface area contributed by atoms with Gasteiger partial charge in [0.1, 0.15) is 0 Å². The Balaban J connectivity index is 1.71. The molecule has 1 aromatic carbocycles. The Morgan fingerprint density at radius 2 is 1.82 bits per heavy atom. The summed E-state index contributed by atoms with van der Waals surface area (Å²) in [5.41, 5.74) is 4.06. The van der Waals surface area contributed by atoms with Crippen molar-refractivity contribution < 1.29 is 13.2 Å². The molecule has 146 valence electrons. The topological polar surface area (TPSA) is 106 Å². The molecule has 0 fully saturated rings. The standard InChI is InChI=1S/C18H19N5O3S2/c1-12-11-14(13(2)23(12)15-7-5-4-6-8-15)9-10-16(24)19-17-20-21-18(27-17)22-28(3,25)26/h4-11H,1-3H3,(H,21,22)(H,19,20,24)/b10-9+. The fraction of sp³-hybridized carbons (Fsp3) is 0.167. The molecule has 0 spiro atoms. The molecule has 0 saturated carbocycles. The molecule has 0 aliphatic heterocycles. The predicted molar refractivity (Wildman–Crippen MR) is 111 cm³/mol. The van der Waals surface area contributed by atoms with Crippen LogP contribution >= 0.6 is 11.3 Å². The van der Waals surface area contributed by atoms with Crippen LogP contribution < -0.4 is 10.0 Å². The summed E-state index contributed by atoms with van der Waals surface area (Å²) < 4.78 is 26.7. The van der Waals surface area contributed by atoms with E-state index in [1.807, 2.05) is 50.2 Å². The Morgan fingerprint density at radius 1 is 1.14 bits per heavy atom. The molecule has 28 heavy (non-hydrogen) atoms. The second-order valence-corrected chi connectivity index (χ2v) is 8.83. The Bertz CT molecular complexity index is 1130. The van der Waals surface area contributed by atoms with E-state index in [9.17, 15) is 13.2 Å². The average Bonchev–Trinajstić information content (AvgIpc) is 3.15. The Hall–Kier alpha value is -2.98. The molecule has 2 N–H and O–H groups in total. The smallest absolute Gasteiger partial charge is 0.250 e. The second kappa shape index (κ2) is 7.95. The Kier molecular flexibility index (Phi) is 5.61. The van der Waals surface area contributed by atoms with E-state index < -0.39 is 10.0 Å². The summed E-state index contributed by atoms with van der Waals surface area (Å²) in [6.45, 7) is 4.00. The van der Waals surface area contributed by atoms with Crippen LogP contribution in [0.2, 0.25) is 0 Å². The number of nitrogens with zero attached hydrogens (tertiary/aromatic N) is 3. The van der Waals surface area contributed by atoms with Crippen molar-refractivity contribution in [2.75, 3.05) is 16.3 Å². The van der Waals surface area contributed by atoms with Gasteiger partial charge < -0.3 is 4.57 Å². The minimum absolute atomic E-state index is 0.0909. The number of nitrogens with one attached hydrogen (secondary N) is 2. The van der Waals surface area contributed by atoms with E-state index in [2.05, 4.69) is 24.8 Å². The van der Waals surface area contributed by atoms with Crippen molar-refractivity contribution in [3.05, 3.63) is 59.4 Å². The zero-order chi connectivity index (χ0) is 20.3. The summed E-state index contributed by atoms with van der Waals surface area (Å²) in [4.78, 5) is 12.1. The summed E-state index contributed by atoms with van der Waals surface area (Å²) in [6.07, 6.45) is 4.15. The molecule has 0 aliphatic carbocycles. The number of para-hydroxylation sites is 1. The number of sulfonamides is 1. The number of aryl methyl sites for hydroxylation is 1. The fourth-order valence-corrected chi connectivity index (χ4v) is 4.19. The number of benzene rings is 1. The van der Waals surface area contributed by atoms with Gasteiger partial charge in [0.2, 0.25) is 26.2 Å². The SMILES string of the molecule is Cc1cc(/C=C/C(=O)Nc2nnc(NS(C)(=O)=O)s2)c(C)n1-c1ccccc1. The maximum atomic E-state index is 12.1. The fourth-order valence-electron chi connectivity index (χ4n) is 2.72. The Morgan fingerprint density at radius 3 is 2.50 bits per heavy atom. The van der Waals surface area contributed by atoms with Gasteiger partial charge in [-0.2, -0.15) is 0 Å². The number of rotatable bonds is 6. The van der Waals surface area contributed by atoms with Crippen molar-refractivity contribution in [1.29, 1.82) is 0 Å². The minimum atomic E-state index is -3.44. The maximum Gasteiger partial charge on any atom is 0.250 e. The molecule has 1 amide bonds. The van der Waals surface area contributed by atoms with Gasteiger partial charge in [-0.15, -0.1) is 10.2 Å². The summed E-state index contributed by atoms with van der Waals surface area (Å²) in [7, 11) is -3.44. The lowest BCUT2D eigenvalue weighted by atomic mass is 10.2. The summed E-state index contributed by atoms with van der Waals surface area (Å²) in [5, 5.41) is 10.3. The van der Waals surface area contributed by atoms with Crippen LogP contribution in [0, 0.1) is 13.8 Å². The van der Waals surface area contributed by atoms with Gasteiger partial charge in [-0.3, -0.25) is 14.8 Å². The minimum Gasteiger partial charge on any atom is -0.318 e. The second-order valence-electron chi connectivity index (χ2n) is 6.11. The van der Waals surface area contributed by atoms with E-state index in [0.717, 1.165) is 40.2 Å². The first-order valence-electron chi connectivity index (χ1n) is 8.27. The number of hydrogen-bond acceptors (Lipinski definition) is 6. The van der Waals surface area contributed by atoms with Gasteiger partial charge in [0, 0.05) is 23.2 Å². The Labute approximate surface area is 167 Å². The number of hydrogen-bond donors (Lipinski definition) is 2. The van der Waals surface area contributed by atoms with Crippen LogP contribution in [0.3, 0.4) is 0 Å². The first-order chi connectivity index (χ1) is 13.2. The molecule has 0 aliphatic rings. The third kappa shape index (κ3) is 4.84. The highest BCUT2D eigenvalue weighted by Crippen LogP contribution is 2.23. The lowest BCUT2D eigenvalue weighted by Gasteiger charge is -2.09. The van der Waals surface area contributed by atoms with E-state index in [4.69, 9.17) is 0 Å². The van der Waals surface area contributed by atoms with Crippen molar-refractivity contribution in [3.8, 4) is 5.69 Å². The van der Waals surface area contributed by atoms with Crippen LogP contribution in [0.15, 0.2) is 42.5 Å². The third-order valence-corrected chi connectivity index (χ3v) is 5.27. The molecule has 10 heteroatoms. The molecular weight excluding hydrogens is 398 g/mol. The zero-order valence-electron chi connectivity index (χ0n) is 15.5. The molecule has 0 atom stereocenters. The van der Waals surface area contributed by atoms with Crippen molar-refractivity contribution in [2.24, 2.45) is 0 Å². The van der Waals surface area contributed by atoms with E-state index in [1.54, 1.807) is 6.08 Å². The van der Waals surface area contributed by atoms with Gasteiger partial charge in [-0.05, 0) is 43.7 Å². The number of aromatic nitrogens is 3. The normalized spacial score (nSPS) is 11.7. The molecular formula is C18H19N5O3S2. The highest BCUT2D eigenvalue weighted by Gasteiger charge is 2.11. The van der Waals surface area contributed by atoms with E-state index >= 15 is 0 Å². The molecule has 0 saturated heterocycles. The van der Waals surface area contributed by atoms with Crippen molar-refractivity contribution in [2.45, 2.75) is 13.8 Å². The number of anilines is 2. The first-order valence-corrected chi connectivity index (χ1v) is 11.0. The number of carbonyl (C=O) groups excluding carboxylic acids is 1. The van der Waals surface area contributed by atoms with Crippen LogP contribution in [-0.4, -0.2) is 35.3 Å². The molecule has 3 rings (SSSR count). The van der Waals surface area contributed by atoms with Crippen LogP contribution in [0.1, 0.15) is 17.0 Å². The summed E-state index contributed by atoms with van der Waals surface area (Å²) >= 11 is 0.934. The highest BCUT2D eigenvalue weighted by atomic mass is 32.2. The monoisotopic (exact) mass is 417 g/mol. The maximum absolute atomic E-state index is 12.1. The van der Waals surface area contributed by atoms with Gasteiger partial charge in [0.15, 0.2) is 0 Å². The quantitative estimate of drug-likeness (QED) is 0.600. The lowest BCUT2D eigenvalue weighted by Crippen LogP contribution is -2.09. The first kappa shape index (κ1) is 19.8. The lowest BCUT2D eigenvalue weighted by molar-refractivity contribution is -0.111. The van der Waals surface area contributed by atoms with Crippen LogP contribution in [0.4, 0.5) is 10.3 Å². The van der Waals surface area contributed by atoms with Crippen LogP contribution in [0.5, 0.6) is 0 Å². The molecule has 0 unspecified atom stereocenters.